The molecular formula is C27H49N3O7P+. The molecule has 38 heavy (non-hydrogen) atoms. The molecule has 218 valence electrons. The number of phosphoric ester groups is 1. The highest BCUT2D eigenvalue weighted by molar-refractivity contribution is 7.46. The third-order valence-corrected chi connectivity index (χ3v) is 6.88. The molecule has 1 aromatic rings. The van der Waals surface area contributed by atoms with Crippen LogP contribution < -0.4 is 5.32 Å². The Morgan fingerprint density at radius 1 is 0.974 bits per heavy atom. The lowest BCUT2D eigenvalue weighted by Crippen LogP contribution is -2.39. The second-order valence-electron chi connectivity index (χ2n) is 11.1. The molecule has 3 N–H and O–H groups in total. The van der Waals surface area contributed by atoms with Gasteiger partial charge in [-0.05, 0) is 12.5 Å². The number of likely N-dealkylation sites (N-methyl/N-ethyl adjacent to an activating group) is 1. The van der Waals surface area contributed by atoms with E-state index in [0.29, 0.717) is 10.9 Å². The molecule has 0 fully saturated rings. The van der Waals surface area contributed by atoms with Crippen molar-refractivity contribution in [2.45, 2.75) is 103 Å². The number of nitro groups is 1. The van der Waals surface area contributed by atoms with Crippen LogP contribution in [0.25, 0.3) is 0 Å². The number of benzene rings is 1. The highest BCUT2D eigenvalue weighted by atomic mass is 31.2. The van der Waals surface area contributed by atoms with Gasteiger partial charge in [-0.25, -0.2) is 4.57 Å². The van der Waals surface area contributed by atoms with Gasteiger partial charge in [-0.1, -0.05) is 84.0 Å². The van der Waals surface area contributed by atoms with E-state index in [1.165, 1.54) is 76.0 Å². The fraction of sp³-hybridized carbons (Fsp3) is 0.741. The third-order valence-electron chi connectivity index (χ3n) is 6.35. The van der Waals surface area contributed by atoms with Crippen molar-refractivity contribution in [3.63, 3.8) is 0 Å². The van der Waals surface area contributed by atoms with E-state index in [1.807, 2.05) is 21.1 Å². The van der Waals surface area contributed by atoms with E-state index >= 15 is 0 Å². The molecule has 10 nitrogen and oxygen atoms in total. The van der Waals surface area contributed by atoms with Crippen molar-refractivity contribution in [3.8, 4) is 0 Å². The van der Waals surface area contributed by atoms with Crippen molar-refractivity contribution in [3.05, 3.63) is 33.9 Å². The van der Waals surface area contributed by atoms with Crippen molar-refractivity contribution in [1.29, 1.82) is 0 Å². The molecule has 0 spiro atoms. The lowest BCUT2D eigenvalue weighted by atomic mass is 10.0. The van der Waals surface area contributed by atoms with E-state index < -0.39 is 18.8 Å². The molecule has 0 aromatic heterocycles. The van der Waals surface area contributed by atoms with Crippen molar-refractivity contribution in [1.82, 2.24) is 0 Å². The van der Waals surface area contributed by atoms with Gasteiger partial charge in [-0.3, -0.25) is 19.4 Å². The molecule has 0 aliphatic heterocycles. The number of hydrogen-bond donors (Lipinski definition) is 3. The summed E-state index contributed by atoms with van der Waals surface area (Å²) in [5.74, 6) is -0.296. The monoisotopic (exact) mass is 558 g/mol. The second-order valence-corrected chi connectivity index (χ2v) is 12.3. The van der Waals surface area contributed by atoms with Crippen LogP contribution in [0.4, 0.5) is 11.4 Å². The molecule has 0 heterocycles. The highest BCUT2D eigenvalue weighted by Crippen LogP contribution is 2.44. The lowest BCUT2D eigenvalue weighted by molar-refractivity contribution is -0.874. The van der Waals surface area contributed by atoms with Crippen molar-refractivity contribution < 1.29 is 33.1 Å². The van der Waals surface area contributed by atoms with Gasteiger partial charge in [0.25, 0.3) is 5.69 Å². The third kappa shape index (κ3) is 16.2. The number of phosphoric acid groups is 1. The van der Waals surface area contributed by atoms with Gasteiger partial charge in [-0.15, -0.1) is 0 Å². The number of nitro benzene ring substituents is 1. The predicted octanol–water partition coefficient (Wildman–Crippen LogP) is 6.87. The van der Waals surface area contributed by atoms with Gasteiger partial charge in [0.1, 0.15) is 12.6 Å². The zero-order chi connectivity index (χ0) is 28.6. The van der Waals surface area contributed by atoms with E-state index in [0.717, 1.165) is 19.3 Å². The summed E-state index contributed by atoms with van der Waals surface area (Å²) in [6, 6.07) is 3.83. The van der Waals surface area contributed by atoms with Gasteiger partial charge in [0.2, 0.25) is 5.91 Å². The number of amides is 1. The van der Waals surface area contributed by atoms with E-state index in [2.05, 4.69) is 12.2 Å². The number of quaternary nitrogens is 1. The lowest BCUT2D eigenvalue weighted by Gasteiger charge is -2.30. The zero-order valence-electron chi connectivity index (χ0n) is 23.7. The Morgan fingerprint density at radius 3 is 1.92 bits per heavy atom. The van der Waals surface area contributed by atoms with Crippen LogP contribution in [0, 0.1) is 10.1 Å². The molecule has 11 heteroatoms. The smallest absolute Gasteiger partial charge is 0.328 e. The zero-order valence-corrected chi connectivity index (χ0v) is 24.6. The predicted molar refractivity (Wildman–Crippen MR) is 151 cm³/mol. The first kappa shape index (κ1) is 34.2. The summed E-state index contributed by atoms with van der Waals surface area (Å²) in [6.45, 7) is 2.40. The van der Waals surface area contributed by atoms with Crippen LogP contribution in [0.5, 0.6) is 0 Å². The molecular weight excluding hydrogens is 509 g/mol. The number of anilines is 1. The van der Waals surface area contributed by atoms with Crippen molar-refractivity contribution in [2.24, 2.45) is 0 Å². The Kier molecular flexibility index (Phi) is 15.9. The van der Waals surface area contributed by atoms with Crippen LogP contribution in [0.2, 0.25) is 0 Å². The van der Waals surface area contributed by atoms with Gasteiger partial charge in [-0.2, -0.15) is 0 Å². The minimum Gasteiger partial charge on any atom is -0.328 e. The molecule has 0 aliphatic carbocycles. The number of nitrogens with one attached hydrogen (secondary N) is 1. The van der Waals surface area contributed by atoms with Crippen LogP contribution in [-0.2, 0) is 13.9 Å². The summed E-state index contributed by atoms with van der Waals surface area (Å²) in [4.78, 5) is 42.3. The topological polar surface area (TPSA) is 139 Å². The quantitative estimate of drug-likeness (QED) is 0.0492. The summed E-state index contributed by atoms with van der Waals surface area (Å²) in [5.41, 5.74) is 0.182. The maximum Gasteiger partial charge on any atom is 0.470 e. The standard InChI is InChI=1S/C27H48N3O7P/c1-5-6-7-8-9-10-11-12-13-14-15-16-17-18-27(31)28-25-21-23(29(32)33)19-20-24(25)26(22-30(2,3)4)37-38(34,35)36/h19-21,26H,5-18,22H2,1-4H3,(H2-,28,31,34,35,36)/p+1. The molecule has 0 saturated carbocycles. The largest absolute Gasteiger partial charge is 0.470 e. The van der Waals surface area contributed by atoms with Crippen molar-refractivity contribution >= 4 is 25.1 Å². The number of non-ortho nitro benzene ring substituents is 1. The van der Waals surface area contributed by atoms with Gasteiger partial charge >= 0.3 is 7.82 Å². The van der Waals surface area contributed by atoms with Gasteiger partial charge in [0.15, 0.2) is 0 Å². The van der Waals surface area contributed by atoms with E-state index in [4.69, 9.17) is 4.52 Å². The number of hydrogen-bond acceptors (Lipinski definition) is 5. The molecule has 1 aromatic carbocycles. The SMILES string of the molecule is CCCCCCCCCCCCCCCC(=O)Nc1cc([N+](=O)[O-])ccc1C(C[N+](C)(C)C)OP(=O)(O)O. The van der Waals surface area contributed by atoms with E-state index in [9.17, 15) is 29.3 Å². The number of carbonyl (C=O) groups excluding carboxylic acids is 1. The molecule has 0 radical (unpaired) electrons. The first-order valence-corrected chi connectivity index (χ1v) is 15.5. The number of carbonyl (C=O) groups is 1. The van der Waals surface area contributed by atoms with Crippen LogP contribution in [0.15, 0.2) is 18.2 Å². The Morgan fingerprint density at radius 2 is 1.47 bits per heavy atom. The van der Waals surface area contributed by atoms with Crippen LogP contribution in [0.3, 0.4) is 0 Å². The summed E-state index contributed by atoms with van der Waals surface area (Å²) in [7, 11) is 0.624. The number of rotatable bonds is 21. The van der Waals surface area contributed by atoms with Crippen LogP contribution in [-0.4, -0.2) is 52.8 Å². The summed E-state index contributed by atoms with van der Waals surface area (Å²) in [6.07, 6.45) is 14.8. The molecule has 0 aliphatic rings. The van der Waals surface area contributed by atoms with Gasteiger partial charge in [0, 0.05) is 24.1 Å². The van der Waals surface area contributed by atoms with Gasteiger partial charge < -0.3 is 19.6 Å². The van der Waals surface area contributed by atoms with E-state index in [1.54, 1.807) is 0 Å². The Labute approximate surface area is 228 Å². The summed E-state index contributed by atoms with van der Waals surface area (Å²) in [5, 5.41) is 14.0. The normalized spacial score (nSPS) is 12.9. The molecule has 1 unspecified atom stereocenters. The Hall–Kier alpha value is -1.84. The molecule has 0 bridgehead atoms. The molecule has 1 rings (SSSR count). The highest BCUT2D eigenvalue weighted by Gasteiger charge is 2.31. The number of nitrogens with zero attached hydrogens (tertiary/aromatic N) is 2. The van der Waals surface area contributed by atoms with Crippen molar-refractivity contribution in [2.75, 3.05) is 33.0 Å². The minimum absolute atomic E-state index is 0.130. The fourth-order valence-electron chi connectivity index (χ4n) is 4.41. The second kappa shape index (κ2) is 17.7. The number of unbranched alkanes of at least 4 members (excludes halogenated alkanes) is 12. The maximum atomic E-state index is 12.7. The molecule has 1 atom stereocenters. The molecule has 1 amide bonds. The van der Waals surface area contributed by atoms with Crippen LogP contribution >= 0.6 is 7.82 Å². The Balaban J connectivity index is 2.59. The summed E-state index contributed by atoms with van der Waals surface area (Å²) >= 11 is 0. The van der Waals surface area contributed by atoms with Crippen LogP contribution in [0.1, 0.15) is 108 Å². The summed E-state index contributed by atoms with van der Waals surface area (Å²) < 4.78 is 17.0. The first-order chi connectivity index (χ1) is 17.8. The average molecular weight is 559 g/mol. The first-order valence-electron chi connectivity index (χ1n) is 13.9. The average Bonchev–Trinajstić information content (AvgIpc) is 2.79. The fourth-order valence-corrected chi connectivity index (χ4v) is 4.93. The molecule has 0 saturated heterocycles. The minimum atomic E-state index is -4.86. The Bertz CT molecular complexity index is 899. The maximum absolute atomic E-state index is 12.7. The van der Waals surface area contributed by atoms with Gasteiger partial charge in [0.05, 0.1) is 31.8 Å². The van der Waals surface area contributed by atoms with E-state index in [-0.39, 0.29) is 35.8 Å².